The van der Waals surface area contributed by atoms with Gasteiger partial charge in [-0.25, -0.2) is 0 Å². The third-order valence-electron chi connectivity index (χ3n) is 1.66. The van der Waals surface area contributed by atoms with Crippen LogP contribution in [0.2, 0.25) is 0 Å². The Morgan fingerprint density at radius 1 is 0.318 bits per heavy atom. The fourth-order valence-electron chi connectivity index (χ4n) is 1.13. The van der Waals surface area contributed by atoms with E-state index in [0.717, 1.165) is 0 Å². The molecule has 132 valence electrons. The van der Waals surface area contributed by atoms with Crippen molar-refractivity contribution in [3.05, 3.63) is 48.5 Å². The Bertz CT molecular complexity index is 271. The zero-order valence-electron chi connectivity index (χ0n) is 17.6. The predicted octanol–water partition coefficient (Wildman–Crippen LogP) is 9.00. The van der Waals surface area contributed by atoms with Crippen LogP contribution < -0.4 is 0 Å². The van der Waals surface area contributed by atoms with Crippen LogP contribution in [0.5, 0.6) is 0 Å². The van der Waals surface area contributed by atoms with Gasteiger partial charge in [-0.3, -0.25) is 0 Å². The monoisotopic (exact) mass is 308 g/mol. The van der Waals surface area contributed by atoms with Crippen molar-refractivity contribution in [1.29, 1.82) is 0 Å². The normalized spacial score (nSPS) is 6.18. The molecule has 2 aromatic rings. The smallest absolute Gasteiger partial charge is 0.0184 e. The van der Waals surface area contributed by atoms with Crippen molar-refractivity contribution in [3.63, 3.8) is 0 Å². The molecule has 0 amide bonds. The fourth-order valence-corrected chi connectivity index (χ4v) is 1.13. The second kappa shape index (κ2) is 42.7. The quantitative estimate of drug-likeness (QED) is 0.455. The molecule has 0 bridgehead atoms. The third-order valence-corrected chi connectivity index (χ3v) is 1.66. The number of benzene rings is 2. The zero-order valence-corrected chi connectivity index (χ0v) is 17.6. The summed E-state index contributed by atoms with van der Waals surface area (Å²) in [4.78, 5) is 0. The molecule has 0 aliphatic rings. The first kappa shape index (κ1) is 32.6. The van der Waals surface area contributed by atoms with Crippen LogP contribution in [0.1, 0.15) is 83.1 Å². The molecule has 0 aromatic heterocycles. The molecule has 0 heteroatoms. The van der Waals surface area contributed by atoms with Gasteiger partial charge in [0.1, 0.15) is 0 Å². The summed E-state index contributed by atoms with van der Waals surface area (Å²) in [7, 11) is 0. The summed E-state index contributed by atoms with van der Waals surface area (Å²) < 4.78 is 0. The summed E-state index contributed by atoms with van der Waals surface area (Å²) in [5.41, 5.74) is 0. The van der Waals surface area contributed by atoms with E-state index in [-0.39, 0.29) is 0 Å². The Hall–Kier alpha value is -1.30. The van der Waals surface area contributed by atoms with Crippen LogP contribution in [0.3, 0.4) is 0 Å². The largest absolute Gasteiger partial charge is 0.0683 e. The van der Waals surface area contributed by atoms with Crippen molar-refractivity contribution in [2.24, 2.45) is 0 Å². The maximum absolute atomic E-state index is 2.12. The average Bonchev–Trinajstić information content (AvgIpc) is 2.71. The SMILES string of the molecule is CC.CC.CC.CC.CC.CC.c1ccc2ccccc2c1. The minimum absolute atomic E-state index is 1.31. The number of hydrogen-bond donors (Lipinski definition) is 0. The second-order valence-electron chi connectivity index (χ2n) is 2.35. The average molecular weight is 309 g/mol. The Balaban J connectivity index is -0.0000000689. The molecule has 0 saturated heterocycles. The summed E-state index contributed by atoms with van der Waals surface area (Å²) in [6, 6.07) is 16.7. The molecule has 0 radical (unpaired) electrons. The lowest BCUT2D eigenvalue weighted by Gasteiger charge is -1.92. The molecule has 0 unspecified atom stereocenters. The van der Waals surface area contributed by atoms with Gasteiger partial charge >= 0.3 is 0 Å². The van der Waals surface area contributed by atoms with Gasteiger partial charge in [-0.05, 0) is 10.8 Å². The summed E-state index contributed by atoms with van der Waals surface area (Å²) in [6.07, 6.45) is 0. The molecule has 0 aliphatic carbocycles. The summed E-state index contributed by atoms with van der Waals surface area (Å²) in [5, 5.41) is 2.62. The first-order valence-electron chi connectivity index (χ1n) is 9.40. The Morgan fingerprint density at radius 3 is 0.591 bits per heavy atom. The first-order valence-corrected chi connectivity index (χ1v) is 9.40. The number of fused-ring (bicyclic) bond motifs is 1. The Labute approximate surface area is 143 Å². The molecule has 0 saturated carbocycles. The van der Waals surface area contributed by atoms with E-state index in [1.807, 2.05) is 83.1 Å². The van der Waals surface area contributed by atoms with Crippen LogP contribution >= 0.6 is 0 Å². The Morgan fingerprint density at radius 2 is 0.455 bits per heavy atom. The number of hydrogen-bond acceptors (Lipinski definition) is 0. The van der Waals surface area contributed by atoms with Gasteiger partial charge in [0.05, 0.1) is 0 Å². The minimum Gasteiger partial charge on any atom is -0.0683 e. The molecule has 22 heavy (non-hydrogen) atoms. The molecule has 0 N–H and O–H groups in total. The molecule has 0 spiro atoms. The van der Waals surface area contributed by atoms with Crippen LogP contribution in [0.25, 0.3) is 10.8 Å². The summed E-state index contributed by atoms with van der Waals surface area (Å²) in [5.74, 6) is 0. The molecule has 0 aliphatic heterocycles. The molecule has 2 aromatic carbocycles. The lowest BCUT2D eigenvalue weighted by molar-refractivity contribution is 1.50. The standard InChI is InChI=1S/C10H8.6C2H6/c1-2-6-10-8-4-3-7-9(10)5-1;6*1-2/h1-8H;6*1-2H3. The van der Waals surface area contributed by atoms with Gasteiger partial charge in [-0.2, -0.15) is 0 Å². The van der Waals surface area contributed by atoms with Gasteiger partial charge in [0.2, 0.25) is 0 Å². The van der Waals surface area contributed by atoms with E-state index < -0.39 is 0 Å². The Kier molecular flexibility index (Phi) is 63.3. The predicted molar refractivity (Wildman–Crippen MR) is 112 cm³/mol. The molecular weight excluding hydrogens is 264 g/mol. The second-order valence-corrected chi connectivity index (χ2v) is 2.35. The van der Waals surface area contributed by atoms with Crippen LogP contribution in [0.15, 0.2) is 48.5 Å². The van der Waals surface area contributed by atoms with E-state index in [4.69, 9.17) is 0 Å². The van der Waals surface area contributed by atoms with E-state index in [1.54, 1.807) is 0 Å². The van der Waals surface area contributed by atoms with Crippen molar-refractivity contribution in [2.45, 2.75) is 83.1 Å². The van der Waals surface area contributed by atoms with E-state index >= 15 is 0 Å². The maximum Gasteiger partial charge on any atom is -0.0184 e. The van der Waals surface area contributed by atoms with E-state index in [2.05, 4.69) is 48.5 Å². The molecule has 2 rings (SSSR count). The fraction of sp³-hybridized carbons (Fsp3) is 0.545. The molecule has 0 nitrogen and oxygen atoms in total. The first-order chi connectivity index (χ1) is 11.0. The van der Waals surface area contributed by atoms with E-state index in [0.29, 0.717) is 0 Å². The lowest BCUT2D eigenvalue weighted by Crippen LogP contribution is -1.67. The summed E-state index contributed by atoms with van der Waals surface area (Å²) in [6.45, 7) is 24.0. The van der Waals surface area contributed by atoms with Gasteiger partial charge in [0.25, 0.3) is 0 Å². The van der Waals surface area contributed by atoms with Gasteiger partial charge in [0, 0.05) is 0 Å². The molecular formula is C22H44. The van der Waals surface area contributed by atoms with Crippen molar-refractivity contribution < 1.29 is 0 Å². The van der Waals surface area contributed by atoms with Crippen LogP contribution in [0.4, 0.5) is 0 Å². The molecule has 0 atom stereocenters. The highest BCUT2D eigenvalue weighted by Gasteiger charge is 1.85. The molecule has 0 fully saturated rings. The van der Waals surface area contributed by atoms with Crippen LogP contribution in [0, 0.1) is 0 Å². The number of rotatable bonds is 0. The van der Waals surface area contributed by atoms with Crippen molar-refractivity contribution in [3.8, 4) is 0 Å². The highest BCUT2D eigenvalue weighted by molar-refractivity contribution is 5.81. The van der Waals surface area contributed by atoms with Gasteiger partial charge in [0.15, 0.2) is 0 Å². The van der Waals surface area contributed by atoms with Crippen molar-refractivity contribution >= 4 is 10.8 Å². The zero-order chi connectivity index (χ0) is 18.8. The van der Waals surface area contributed by atoms with Gasteiger partial charge in [-0.1, -0.05) is 132 Å². The molecule has 0 heterocycles. The van der Waals surface area contributed by atoms with Gasteiger partial charge in [-0.15, -0.1) is 0 Å². The van der Waals surface area contributed by atoms with Crippen molar-refractivity contribution in [2.75, 3.05) is 0 Å². The summed E-state index contributed by atoms with van der Waals surface area (Å²) >= 11 is 0. The lowest BCUT2D eigenvalue weighted by atomic mass is 10.1. The third kappa shape index (κ3) is 21.0. The van der Waals surface area contributed by atoms with Crippen LogP contribution in [-0.4, -0.2) is 0 Å². The van der Waals surface area contributed by atoms with E-state index in [9.17, 15) is 0 Å². The highest BCUT2D eigenvalue weighted by Crippen LogP contribution is 2.11. The minimum atomic E-state index is 1.31. The highest BCUT2D eigenvalue weighted by atomic mass is 13.9. The van der Waals surface area contributed by atoms with E-state index in [1.165, 1.54) is 10.8 Å². The van der Waals surface area contributed by atoms with Gasteiger partial charge < -0.3 is 0 Å². The maximum atomic E-state index is 2.12. The van der Waals surface area contributed by atoms with Crippen LogP contribution in [-0.2, 0) is 0 Å². The van der Waals surface area contributed by atoms with Crippen molar-refractivity contribution in [1.82, 2.24) is 0 Å². The topological polar surface area (TPSA) is 0 Å².